The summed E-state index contributed by atoms with van der Waals surface area (Å²) in [7, 11) is 0. The monoisotopic (exact) mass is 285 g/mol. The Kier molecular flexibility index (Phi) is 5.64. The summed E-state index contributed by atoms with van der Waals surface area (Å²) in [6.07, 6.45) is 5.00. The van der Waals surface area contributed by atoms with Crippen LogP contribution in [-0.2, 0) is 0 Å². The fourth-order valence-corrected chi connectivity index (χ4v) is 3.82. The van der Waals surface area contributed by atoms with Crippen LogP contribution in [0.15, 0.2) is 23.1 Å². The van der Waals surface area contributed by atoms with Crippen LogP contribution in [0.5, 0.6) is 0 Å². The molecular weight excluding hydrogens is 264 g/mol. The predicted octanol–water partition coefficient (Wildman–Crippen LogP) is 4.23. The average Bonchev–Trinajstić information content (AvgIpc) is 2.82. The van der Waals surface area contributed by atoms with Gasteiger partial charge in [0, 0.05) is 10.9 Å². The van der Waals surface area contributed by atoms with E-state index < -0.39 is 11.6 Å². The molecule has 1 N–H and O–H groups in total. The van der Waals surface area contributed by atoms with Gasteiger partial charge in [0.15, 0.2) is 11.6 Å². The van der Waals surface area contributed by atoms with Gasteiger partial charge in [-0.15, -0.1) is 11.8 Å². The molecule has 4 heteroatoms. The quantitative estimate of drug-likeness (QED) is 0.785. The van der Waals surface area contributed by atoms with Crippen LogP contribution in [0.25, 0.3) is 0 Å². The molecule has 2 atom stereocenters. The molecule has 1 aliphatic rings. The molecule has 106 valence electrons. The van der Waals surface area contributed by atoms with Crippen molar-refractivity contribution >= 4 is 11.8 Å². The first-order chi connectivity index (χ1) is 9.20. The summed E-state index contributed by atoms with van der Waals surface area (Å²) in [6, 6.07) is 4.79. The van der Waals surface area contributed by atoms with Crippen molar-refractivity contribution in [2.75, 3.05) is 12.3 Å². The number of halogens is 2. The molecule has 0 amide bonds. The summed E-state index contributed by atoms with van der Waals surface area (Å²) < 4.78 is 25.9. The van der Waals surface area contributed by atoms with Gasteiger partial charge in [0.2, 0.25) is 0 Å². The summed E-state index contributed by atoms with van der Waals surface area (Å²) in [5.41, 5.74) is 0. The molecular formula is C15H21F2NS. The van der Waals surface area contributed by atoms with E-state index in [4.69, 9.17) is 0 Å². The molecule has 0 heterocycles. The zero-order valence-corrected chi connectivity index (χ0v) is 12.1. The van der Waals surface area contributed by atoms with Gasteiger partial charge in [-0.3, -0.25) is 0 Å². The van der Waals surface area contributed by atoms with Crippen LogP contribution in [0.4, 0.5) is 8.78 Å². The Morgan fingerprint density at radius 3 is 2.84 bits per heavy atom. The van der Waals surface area contributed by atoms with Crippen LogP contribution in [0.2, 0.25) is 0 Å². The van der Waals surface area contributed by atoms with Crippen molar-refractivity contribution in [3.05, 3.63) is 29.8 Å². The van der Waals surface area contributed by atoms with Gasteiger partial charge in [0.25, 0.3) is 0 Å². The number of hydrogen-bond acceptors (Lipinski definition) is 2. The van der Waals surface area contributed by atoms with Crippen molar-refractivity contribution < 1.29 is 8.78 Å². The third kappa shape index (κ3) is 4.18. The van der Waals surface area contributed by atoms with Crippen LogP contribution in [-0.4, -0.2) is 18.3 Å². The highest BCUT2D eigenvalue weighted by Gasteiger charge is 2.25. The molecule has 2 unspecified atom stereocenters. The maximum absolute atomic E-state index is 13.1. The fourth-order valence-electron chi connectivity index (χ4n) is 2.81. The number of thioether (sulfide) groups is 1. The molecule has 1 nitrogen and oxygen atoms in total. The highest BCUT2D eigenvalue weighted by atomic mass is 32.2. The van der Waals surface area contributed by atoms with E-state index in [0.29, 0.717) is 6.04 Å². The third-order valence-electron chi connectivity index (χ3n) is 3.77. The molecule has 0 aliphatic heterocycles. The second-order valence-corrected chi connectivity index (χ2v) is 6.24. The molecule has 1 fully saturated rings. The maximum Gasteiger partial charge on any atom is 0.159 e. The smallest absolute Gasteiger partial charge is 0.159 e. The molecule has 0 saturated heterocycles. The third-order valence-corrected chi connectivity index (χ3v) is 4.80. The summed E-state index contributed by atoms with van der Waals surface area (Å²) in [5, 5.41) is 3.54. The Balaban J connectivity index is 1.78. The first kappa shape index (κ1) is 14.8. The lowest BCUT2D eigenvalue weighted by Crippen LogP contribution is -2.32. The summed E-state index contributed by atoms with van der Waals surface area (Å²) in [6.45, 7) is 3.17. The standard InChI is InChI=1S/C15H21F2NS/c1-2-18-15-5-3-4-11(15)8-9-19-12-6-7-13(16)14(17)10-12/h6-7,10-11,15,18H,2-5,8-9H2,1H3. The van der Waals surface area contributed by atoms with Crippen molar-refractivity contribution in [1.29, 1.82) is 0 Å². The van der Waals surface area contributed by atoms with Gasteiger partial charge >= 0.3 is 0 Å². The molecule has 0 bridgehead atoms. The van der Waals surface area contributed by atoms with E-state index in [-0.39, 0.29) is 0 Å². The van der Waals surface area contributed by atoms with Crippen molar-refractivity contribution in [2.45, 2.75) is 43.5 Å². The summed E-state index contributed by atoms with van der Waals surface area (Å²) in [5.74, 6) is 0.180. The molecule has 2 rings (SSSR count). The van der Waals surface area contributed by atoms with Crippen molar-refractivity contribution in [3.63, 3.8) is 0 Å². The van der Waals surface area contributed by atoms with Gasteiger partial charge in [-0.1, -0.05) is 13.3 Å². The number of nitrogens with one attached hydrogen (secondary N) is 1. The summed E-state index contributed by atoms with van der Waals surface area (Å²) >= 11 is 1.62. The van der Waals surface area contributed by atoms with E-state index in [1.807, 2.05) is 0 Å². The van der Waals surface area contributed by atoms with E-state index in [0.717, 1.165) is 29.5 Å². The summed E-state index contributed by atoms with van der Waals surface area (Å²) in [4.78, 5) is 0.817. The minimum atomic E-state index is -0.771. The second-order valence-electron chi connectivity index (χ2n) is 5.07. The highest BCUT2D eigenvalue weighted by molar-refractivity contribution is 7.99. The largest absolute Gasteiger partial charge is 0.314 e. The van der Waals surface area contributed by atoms with Crippen LogP contribution < -0.4 is 5.32 Å². The Bertz CT molecular complexity index is 411. The number of rotatable bonds is 6. The minimum Gasteiger partial charge on any atom is -0.314 e. The molecule has 0 aromatic heterocycles. The fraction of sp³-hybridized carbons (Fsp3) is 0.600. The average molecular weight is 285 g/mol. The van der Waals surface area contributed by atoms with Crippen LogP contribution in [0.1, 0.15) is 32.6 Å². The van der Waals surface area contributed by atoms with Crippen molar-refractivity contribution in [3.8, 4) is 0 Å². The minimum absolute atomic E-state index is 0.649. The molecule has 1 aromatic rings. The van der Waals surface area contributed by atoms with E-state index in [2.05, 4.69) is 12.2 Å². The SMILES string of the molecule is CCNC1CCCC1CCSc1ccc(F)c(F)c1. The zero-order valence-electron chi connectivity index (χ0n) is 11.3. The first-order valence-corrected chi connectivity index (χ1v) is 8.00. The lowest BCUT2D eigenvalue weighted by Gasteiger charge is -2.20. The van der Waals surface area contributed by atoms with Crippen LogP contribution in [0.3, 0.4) is 0 Å². The highest BCUT2D eigenvalue weighted by Crippen LogP contribution is 2.31. The maximum atomic E-state index is 13.1. The predicted molar refractivity (Wildman–Crippen MR) is 76.5 cm³/mol. The van der Waals surface area contributed by atoms with Crippen molar-refractivity contribution in [2.24, 2.45) is 5.92 Å². The Morgan fingerprint density at radius 2 is 2.11 bits per heavy atom. The van der Waals surface area contributed by atoms with Gasteiger partial charge in [-0.05, 0) is 55.7 Å². The molecule has 19 heavy (non-hydrogen) atoms. The van der Waals surface area contributed by atoms with Gasteiger partial charge in [-0.2, -0.15) is 0 Å². The molecule has 0 spiro atoms. The molecule has 0 radical (unpaired) electrons. The number of hydrogen-bond donors (Lipinski definition) is 1. The van der Waals surface area contributed by atoms with E-state index >= 15 is 0 Å². The lowest BCUT2D eigenvalue weighted by atomic mass is 10.0. The normalized spacial score (nSPS) is 22.9. The van der Waals surface area contributed by atoms with E-state index in [1.165, 1.54) is 31.4 Å². The Labute approximate surface area is 118 Å². The van der Waals surface area contributed by atoms with Gasteiger partial charge in [0.1, 0.15) is 0 Å². The second kappa shape index (κ2) is 7.25. The number of benzene rings is 1. The topological polar surface area (TPSA) is 12.0 Å². The van der Waals surface area contributed by atoms with Gasteiger partial charge < -0.3 is 5.32 Å². The van der Waals surface area contributed by atoms with E-state index in [1.54, 1.807) is 17.8 Å². The molecule has 1 aliphatic carbocycles. The zero-order chi connectivity index (χ0) is 13.7. The van der Waals surface area contributed by atoms with Crippen molar-refractivity contribution in [1.82, 2.24) is 5.32 Å². The Hall–Kier alpha value is -0.610. The van der Waals surface area contributed by atoms with Gasteiger partial charge in [0.05, 0.1) is 0 Å². The van der Waals surface area contributed by atoms with Crippen LogP contribution >= 0.6 is 11.8 Å². The lowest BCUT2D eigenvalue weighted by molar-refractivity contribution is 0.400. The first-order valence-electron chi connectivity index (χ1n) is 7.02. The molecule has 1 aromatic carbocycles. The van der Waals surface area contributed by atoms with E-state index in [9.17, 15) is 8.78 Å². The van der Waals surface area contributed by atoms with Gasteiger partial charge in [-0.25, -0.2) is 8.78 Å². The molecule has 1 saturated carbocycles. The van der Waals surface area contributed by atoms with Crippen LogP contribution in [0, 0.1) is 17.6 Å². The Morgan fingerprint density at radius 1 is 1.26 bits per heavy atom.